The molecule has 24 heavy (non-hydrogen) atoms. The molecule has 0 saturated carbocycles. The highest BCUT2D eigenvalue weighted by molar-refractivity contribution is 6.30. The van der Waals surface area contributed by atoms with E-state index in [1.165, 1.54) is 4.90 Å². The van der Waals surface area contributed by atoms with Crippen molar-refractivity contribution < 1.29 is 24.6 Å². The monoisotopic (exact) mass is 353 g/mol. The van der Waals surface area contributed by atoms with Gasteiger partial charge >= 0.3 is 11.9 Å². The third kappa shape index (κ3) is 4.06. The van der Waals surface area contributed by atoms with Crippen LogP contribution in [-0.2, 0) is 14.4 Å². The normalized spacial score (nSPS) is 22.0. The molecule has 0 aromatic heterocycles. The number of likely N-dealkylation sites (tertiary alicyclic amines) is 1. The molecule has 1 fully saturated rings. The van der Waals surface area contributed by atoms with Crippen LogP contribution in [0.5, 0.6) is 0 Å². The van der Waals surface area contributed by atoms with Gasteiger partial charge in [-0.25, -0.2) is 0 Å². The standard InChI is InChI=1S/C17H20ClNO5/c1-2-14(10-4-3-5-13(18)7-10)15(20)19-8-11(16(21)22)6-12(9-19)17(23)24/h3-5,7,11-12,14H,2,6,8-9H2,1H3,(H,21,22)(H,23,24). The first kappa shape index (κ1) is 18.3. The molecule has 1 amide bonds. The molecule has 6 nitrogen and oxygen atoms in total. The smallest absolute Gasteiger partial charge is 0.308 e. The number of rotatable bonds is 5. The average Bonchev–Trinajstić information content (AvgIpc) is 2.55. The number of carboxylic acids is 2. The van der Waals surface area contributed by atoms with Gasteiger partial charge < -0.3 is 15.1 Å². The van der Waals surface area contributed by atoms with E-state index in [4.69, 9.17) is 11.6 Å². The summed E-state index contributed by atoms with van der Waals surface area (Å²) in [5.74, 6) is -4.59. The Balaban J connectivity index is 2.24. The van der Waals surface area contributed by atoms with Crippen molar-refractivity contribution in [1.29, 1.82) is 0 Å². The van der Waals surface area contributed by atoms with E-state index in [9.17, 15) is 24.6 Å². The maximum Gasteiger partial charge on any atom is 0.308 e. The number of hydrogen-bond donors (Lipinski definition) is 2. The molecule has 1 aliphatic heterocycles. The lowest BCUT2D eigenvalue weighted by Crippen LogP contribution is -2.49. The topological polar surface area (TPSA) is 94.9 Å². The van der Waals surface area contributed by atoms with E-state index in [0.29, 0.717) is 11.4 Å². The zero-order valence-electron chi connectivity index (χ0n) is 13.3. The number of aliphatic carboxylic acids is 2. The van der Waals surface area contributed by atoms with E-state index in [1.807, 2.05) is 6.92 Å². The Morgan fingerprint density at radius 1 is 1.21 bits per heavy atom. The van der Waals surface area contributed by atoms with Crippen LogP contribution >= 0.6 is 11.6 Å². The Morgan fingerprint density at radius 3 is 2.25 bits per heavy atom. The van der Waals surface area contributed by atoms with Gasteiger partial charge in [-0.05, 0) is 30.5 Å². The van der Waals surface area contributed by atoms with Gasteiger partial charge in [0.2, 0.25) is 5.91 Å². The van der Waals surface area contributed by atoms with E-state index in [1.54, 1.807) is 24.3 Å². The molecule has 130 valence electrons. The van der Waals surface area contributed by atoms with Crippen molar-refractivity contribution in [2.24, 2.45) is 11.8 Å². The van der Waals surface area contributed by atoms with Crippen molar-refractivity contribution in [3.8, 4) is 0 Å². The molecule has 1 aromatic rings. The molecule has 2 N–H and O–H groups in total. The van der Waals surface area contributed by atoms with E-state index in [-0.39, 0.29) is 25.4 Å². The van der Waals surface area contributed by atoms with Gasteiger partial charge in [-0.15, -0.1) is 0 Å². The minimum Gasteiger partial charge on any atom is -0.481 e. The van der Waals surface area contributed by atoms with Crippen LogP contribution in [0.15, 0.2) is 24.3 Å². The van der Waals surface area contributed by atoms with Crippen molar-refractivity contribution in [2.75, 3.05) is 13.1 Å². The maximum atomic E-state index is 12.9. The Morgan fingerprint density at radius 2 is 1.79 bits per heavy atom. The molecule has 1 saturated heterocycles. The third-order valence-corrected chi connectivity index (χ3v) is 4.65. The highest BCUT2D eigenvalue weighted by atomic mass is 35.5. The predicted octanol–water partition coefficient (Wildman–Crippen LogP) is 2.47. The minimum atomic E-state index is -1.07. The summed E-state index contributed by atoms with van der Waals surface area (Å²) in [4.78, 5) is 36.8. The summed E-state index contributed by atoms with van der Waals surface area (Å²) in [6.07, 6.45) is 0.563. The number of hydrogen-bond acceptors (Lipinski definition) is 3. The van der Waals surface area contributed by atoms with Gasteiger partial charge in [0.25, 0.3) is 0 Å². The van der Waals surface area contributed by atoms with Crippen LogP contribution in [-0.4, -0.2) is 46.0 Å². The average molecular weight is 354 g/mol. The fourth-order valence-electron chi connectivity index (χ4n) is 3.13. The Hall–Kier alpha value is -2.08. The summed E-state index contributed by atoms with van der Waals surface area (Å²) in [5.41, 5.74) is 0.749. The minimum absolute atomic E-state index is 0.0367. The molecule has 0 radical (unpaired) electrons. The molecule has 0 spiro atoms. The van der Waals surface area contributed by atoms with Crippen LogP contribution in [0, 0.1) is 11.8 Å². The van der Waals surface area contributed by atoms with Gasteiger partial charge in [-0.2, -0.15) is 0 Å². The zero-order valence-corrected chi connectivity index (χ0v) is 14.1. The van der Waals surface area contributed by atoms with Crippen LogP contribution < -0.4 is 0 Å². The number of benzene rings is 1. The van der Waals surface area contributed by atoms with Gasteiger partial charge in [0, 0.05) is 18.1 Å². The van der Waals surface area contributed by atoms with Gasteiger partial charge in [-0.1, -0.05) is 30.7 Å². The van der Waals surface area contributed by atoms with E-state index >= 15 is 0 Å². The highest BCUT2D eigenvalue weighted by Crippen LogP contribution is 2.29. The maximum absolute atomic E-state index is 12.9. The number of piperidine rings is 1. The van der Waals surface area contributed by atoms with Crippen molar-refractivity contribution in [3.63, 3.8) is 0 Å². The first-order valence-electron chi connectivity index (χ1n) is 7.83. The molecule has 1 aliphatic rings. The molecule has 1 heterocycles. The third-order valence-electron chi connectivity index (χ3n) is 4.42. The molecular formula is C17H20ClNO5. The quantitative estimate of drug-likeness (QED) is 0.847. The Bertz CT molecular complexity index is 626. The summed E-state index contributed by atoms with van der Waals surface area (Å²) in [6, 6.07) is 6.97. The first-order chi connectivity index (χ1) is 11.3. The summed E-state index contributed by atoms with van der Waals surface area (Å²) in [6.45, 7) is 1.93. The Labute approximate surface area is 145 Å². The second kappa shape index (κ2) is 7.66. The van der Waals surface area contributed by atoms with Gasteiger partial charge in [0.1, 0.15) is 0 Å². The summed E-state index contributed by atoms with van der Waals surface area (Å²) >= 11 is 5.99. The van der Waals surface area contributed by atoms with Crippen molar-refractivity contribution >= 4 is 29.4 Å². The molecular weight excluding hydrogens is 334 g/mol. The molecule has 1 aromatic carbocycles. The van der Waals surface area contributed by atoms with Crippen LogP contribution in [0.25, 0.3) is 0 Å². The lowest BCUT2D eigenvalue weighted by atomic mass is 9.87. The van der Waals surface area contributed by atoms with Crippen LogP contribution in [0.3, 0.4) is 0 Å². The van der Waals surface area contributed by atoms with Gasteiger partial charge in [0.15, 0.2) is 0 Å². The number of carboxylic acid groups (broad SMARTS) is 2. The largest absolute Gasteiger partial charge is 0.481 e. The van der Waals surface area contributed by atoms with Crippen molar-refractivity contribution in [3.05, 3.63) is 34.9 Å². The summed E-state index contributed by atoms with van der Waals surface area (Å²) in [7, 11) is 0. The SMILES string of the molecule is CCC(C(=O)N1CC(C(=O)O)CC(C(=O)O)C1)c1cccc(Cl)c1. The molecule has 2 rings (SSSR count). The number of amides is 1. The molecule has 0 bridgehead atoms. The number of carbonyl (C=O) groups excluding carboxylic acids is 1. The lowest BCUT2D eigenvalue weighted by Gasteiger charge is -2.36. The van der Waals surface area contributed by atoms with E-state index in [2.05, 4.69) is 0 Å². The molecule has 3 atom stereocenters. The van der Waals surface area contributed by atoms with Crippen molar-refractivity contribution in [1.82, 2.24) is 4.90 Å². The zero-order chi connectivity index (χ0) is 17.9. The molecule has 7 heteroatoms. The van der Waals surface area contributed by atoms with E-state index in [0.717, 1.165) is 5.56 Å². The van der Waals surface area contributed by atoms with Gasteiger partial charge in [0.05, 0.1) is 17.8 Å². The van der Waals surface area contributed by atoms with Crippen LogP contribution in [0.2, 0.25) is 5.02 Å². The molecule has 0 aliphatic carbocycles. The predicted molar refractivity (Wildman–Crippen MR) is 87.9 cm³/mol. The van der Waals surface area contributed by atoms with Crippen LogP contribution in [0.1, 0.15) is 31.2 Å². The Kier molecular flexibility index (Phi) is 5.83. The number of halogens is 1. The van der Waals surface area contributed by atoms with Gasteiger partial charge in [-0.3, -0.25) is 14.4 Å². The highest BCUT2D eigenvalue weighted by Gasteiger charge is 2.38. The molecule has 3 unspecified atom stereocenters. The van der Waals surface area contributed by atoms with E-state index < -0.39 is 29.7 Å². The van der Waals surface area contributed by atoms with Crippen molar-refractivity contribution in [2.45, 2.75) is 25.7 Å². The second-order valence-electron chi connectivity index (χ2n) is 6.07. The second-order valence-corrected chi connectivity index (χ2v) is 6.50. The number of carbonyl (C=O) groups is 3. The lowest BCUT2D eigenvalue weighted by molar-refractivity contribution is -0.152. The number of nitrogens with zero attached hydrogens (tertiary/aromatic N) is 1. The van der Waals surface area contributed by atoms with Crippen LogP contribution in [0.4, 0.5) is 0 Å². The summed E-state index contributed by atoms with van der Waals surface area (Å²) < 4.78 is 0. The fourth-order valence-corrected chi connectivity index (χ4v) is 3.33. The first-order valence-corrected chi connectivity index (χ1v) is 8.21. The fraction of sp³-hybridized carbons (Fsp3) is 0.471. The summed E-state index contributed by atoms with van der Waals surface area (Å²) in [5, 5.41) is 19.0.